The number of methoxy groups -OCH3 is 1. The van der Waals surface area contributed by atoms with Gasteiger partial charge in [-0.2, -0.15) is 0 Å². The van der Waals surface area contributed by atoms with Crippen molar-refractivity contribution in [1.82, 2.24) is 0 Å². The lowest BCUT2D eigenvalue weighted by Gasteiger charge is -2.11. The molecule has 2 aromatic rings. The van der Waals surface area contributed by atoms with E-state index >= 15 is 0 Å². The van der Waals surface area contributed by atoms with Crippen molar-refractivity contribution in [2.24, 2.45) is 0 Å². The fourth-order valence-corrected chi connectivity index (χ4v) is 2.11. The van der Waals surface area contributed by atoms with Gasteiger partial charge < -0.3 is 14.8 Å². The molecule has 2 aromatic carbocycles. The third-order valence-electron chi connectivity index (χ3n) is 2.85. The first-order valence-corrected chi connectivity index (χ1v) is 6.90. The first kappa shape index (κ1) is 15.2. The minimum Gasteiger partial charge on any atom is -0.495 e. The van der Waals surface area contributed by atoms with E-state index in [-0.39, 0.29) is 5.91 Å². The van der Waals surface area contributed by atoms with Crippen molar-refractivity contribution in [1.29, 1.82) is 0 Å². The Morgan fingerprint density at radius 2 is 1.95 bits per heavy atom. The van der Waals surface area contributed by atoms with Crippen molar-refractivity contribution in [3.05, 3.63) is 53.1 Å². The molecule has 1 N–H and O–H groups in total. The molecule has 0 unspecified atom stereocenters. The van der Waals surface area contributed by atoms with E-state index in [2.05, 4.69) is 5.32 Å². The predicted molar refractivity (Wildman–Crippen MR) is 83.6 cm³/mol. The largest absolute Gasteiger partial charge is 0.495 e. The van der Waals surface area contributed by atoms with Gasteiger partial charge in [-0.3, -0.25) is 4.79 Å². The lowest BCUT2D eigenvalue weighted by molar-refractivity contribution is 0.102. The zero-order valence-electron chi connectivity index (χ0n) is 11.9. The first-order chi connectivity index (χ1) is 10.2. The van der Waals surface area contributed by atoms with Crippen molar-refractivity contribution in [3.63, 3.8) is 0 Å². The summed E-state index contributed by atoms with van der Waals surface area (Å²) in [6.45, 7) is 2.42. The molecule has 0 heterocycles. The third kappa shape index (κ3) is 3.67. The number of anilines is 1. The number of carbonyl (C=O) groups is 1. The molecule has 2 rings (SSSR count). The Bertz CT molecular complexity index is 643. The molecule has 1 amide bonds. The molecule has 0 fully saturated rings. The molecule has 0 aromatic heterocycles. The SMILES string of the molecule is CCOc1ccccc1NC(=O)c1ccc(OC)c(Cl)c1. The van der Waals surface area contributed by atoms with Crippen LogP contribution in [0.1, 0.15) is 17.3 Å². The van der Waals surface area contributed by atoms with Gasteiger partial charge in [-0.05, 0) is 37.3 Å². The first-order valence-electron chi connectivity index (χ1n) is 6.52. The molecule has 0 spiro atoms. The Morgan fingerprint density at radius 1 is 1.19 bits per heavy atom. The van der Waals surface area contributed by atoms with Crippen molar-refractivity contribution < 1.29 is 14.3 Å². The number of nitrogens with one attached hydrogen (secondary N) is 1. The maximum Gasteiger partial charge on any atom is 0.255 e. The molecule has 21 heavy (non-hydrogen) atoms. The minimum absolute atomic E-state index is 0.258. The molecule has 0 aliphatic heterocycles. The van der Waals surface area contributed by atoms with Crippen LogP contribution in [-0.4, -0.2) is 19.6 Å². The van der Waals surface area contributed by atoms with Gasteiger partial charge in [0.05, 0.1) is 24.4 Å². The predicted octanol–water partition coefficient (Wildman–Crippen LogP) is 4.00. The summed E-state index contributed by atoms with van der Waals surface area (Å²) in [6.07, 6.45) is 0. The van der Waals surface area contributed by atoms with E-state index in [9.17, 15) is 4.79 Å². The molecule has 0 atom stereocenters. The van der Waals surface area contributed by atoms with Gasteiger partial charge in [0.15, 0.2) is 0 Å². The average molecular weight is 306 g/mol. The van der Waals surface area contributed by atoms with Crippen LogP contribution in [0.2, 0.25) is 5.02 Å². The van der Waals surface area contributed by atoms with Crippen LogP contribution in [0.25, 0.3) is 0 Å². The summed E-state index contributed by atoms with van der Waals surface area (Å²) in [7, 11) is 1.53. The van der Waals surface area contributed by atoms with Crippen molar-refractivity contribution >= 4 is 23.2 Å². The van der Waals surface area contributed by atoms with Gasteiger partial charge in [-0.1, -0.05) is 23.7 Å². The highest BCUT2D eigenvalue weighted by atomic mass is 35.5. The fourth-order valence-electron chi connectivity index (χ4n) is 1.85. The summed E-state index contributed by atoms with van der Waals surface area (Å²) in [5, 5.41) is 3.20. The number of hydrogen-bond acceptors (Lipinski definition) is 3. The summed E-state index contributed by atoms with van der Waals surface area (Å²) >= 11 is 6.03. The summed E-state index contributed by atoms with van der Waals surface area (Å²) < 4.78 is 10.5. The lowest BCUT2D eigenvalue weighted by Crippen LogP contribution is -2.13. The standard InChI is InChI=1S/C16H16ClNO3/c1-3-21-15-7-5-4-6-13(15)18-16(19)11-8-9-14(20-2)12(17)10-11/h4-10H,3H2,1-2H3,(H,18,19). The van der Waals surface area contributed by atoms with E-state index < -0.39 is 0 Å². The Hall–Kier alpha value is -2.20. The number of para-hydroxylation sites is 2. The molecule has 110 valence electrons. The summed E-state index contributed by atoms with van der Waals surface area (Å²) in [4.78, 5) is 12.3. The number of halogens is 1. The summed E-state index contributed by atoms with van der Waals surface area (Å²) in [5.41, 5.74) is 1.07. The van der Waals surface area contributed by atoms with Crippen LogP contribution < -0.4 is 14.8 Å². The van der Waals surface area contributed by atoms with Gasteiger partial charge in [0.2, 0.25) is 0 Å². The van der Waals surface area contributed by atoms with Crippen LogP contribution in [0.5, 0.6) is 11.5 Å². The fraction of sp³-hybridized carbons (Fsp3) is 0.188. The lowest BCUT2D eigenvalue weighted by atomic mass is 10.2. The van der Waals surface area contributed by atoms with E-state index in [4.69, 9.17) is 21.1 Å². The average Bonchev–Trinajstić information content (AvgIpc) is 2.49. The van der Waals surface area contributed by atoms with E-state index in [1.807, 2.05) is 19.1 Å². The number of ether oxygens (including phenoxy) is 2. The maximum atomic E-state index is 12.3. The normalized spacial score (nSPS) is 10.0. The van der Waals surface area contributed by atoms with E-state index in [0.717, 1.165) is 0 Å². The third-order valence-corrected chi connectivity index (χ3v) is 3.14. The Balaban J connectivity index is 2.20. The quantitative estimate of drug-likeness (QED) is 0.908. The van der Waals surface area contributed by atoms with Crippen molar-refractivity contribution in [2.45, 2.75) is 6.92 Å². The van der Waals surface area contributed by atoms with Gasteiger partial charge in [-0.15, -0.1) is 0 Å². The molecule has 5 heteroatoms. The molecule has 0 saturated carbocycles. The van der Waals surface area contributed by atoms with E-state index in [0.29, 0.717) is 34.4 Å². The van der Waals surface area contributed by atoms with Gasteiger partial charge in [0, 0.05) is 5.56 Å². The highest BCUT2D eigenvalue weighted by Gasteiger charge is 2.11. The molecule has 4 nitrogen and oxygen atoms in total. The van der Waals surface area contributed by atoms with E-state index in [1.165, 1.54) is 7.11 Å². The van der Waals surface area contributed by atoms with Crippen LogP contribution in [0.3, 0.4) is 0 Å². The molecular weight excluding hydrogens is 290 g/mol. The van der Waals surface area contributed by atoms with E-state index in [1.54, 1.807) is 30.3 Å². The molecular formula is C16H16ClNO3. The zero-order chi connectivity index (χ0) is 15.2. The van der Waals surface area contributed by atoms with Crippen LogP contribution in [0.4, 0.5) is 5.69 Å². The molecule has 0 radical (unpaired) electrons. The second-order valence-corrected chi connectivity index (χ2v) is 4.64. The summed E-state index contributed by atoms with van der Waals surface area (Å²) in [5.74, 6) is 0.905. The van der Waals surface area contributed by atoms with Crippen LogP contribution in [0, 0.1) is 0 Å². The van der Waals surface area contributed by atoms with Gasteiger partial charge >= 0.3 is 0 Å². The second-order valence-electron chi connectivity index (χ2n) is 4.23. The summed E-state index contributed by atoms with van der Waals surface area (Å²) in [6, 6.07) is 12.2. The minimum atomic E-state index is -0.258. The van der Waals surface area contributed by atoms with Crippen LogP contribution >= 0.6 is 11.6 Å². The number of carbonyl (C=O) groups excluding carboxylic acids is 1. The van der Waals surface area contributed by atoms with Crippen molar-refractivity contribution in [3.8, 4) is 11.5 Å². The Labute approximate surface area is 128 Å². The number of benzene rings is 2. The van der Waals surface area contributed by atoms with Crippen LogP contribution in [0.15, 0.2) is 42.5 Å². The highest BCUT2D eigenvalue weighted by molar-refractivity contribution is 6.32. The van der Waals surface area contributed by atoms with Crippen molar-refractivity contribution in [2.75, 3.05) is 19.0 Å². The number of hydrogen-bond donors (Lipinski definition) is 1. The molecule has 0 saturated heterocycles. The topological polar surface area (TPSA) is 47.6 Å². The number of rotatable bonds is 5. The molecule has 0 aliphatic rings. The van der Waals surface area contributed by atoms with Gasteiger partial charge in [0.25, 0.3) is 5.91 Å². The molecule has 0 bridgehead atoms. The second kappa shape index (κ2) is 6.99. The molecule has 0 aliphatic carbocycles. The number of amides is 1. The van der Waals surface area contributed by atoms with Gasteiger partial charge in [0.1, 0.15) is 11.5 Å². The van der Waals surface area contributed by atoms with Gasteiger partial charge in [-0.25, -0.2) is 0 Å². The monoisotopic (exact) mass is 305 g/mol. The smallest absolute Gasteiger partial charge is 0.255 e. The maximum absolute atomic E-state index is 12.3. The van der Waals surface area contributed by atoms with Crippen LogP contribution in [-0.2, 0) is 0 Å². The Morgan fingerprint density at radius 3 is 2.62 bits per heavy atom. The highest BCUT2D eigenvalue weighted by Crippen LogP contribution is 2.27. The Kier molecular flexibility index (Phi) is 5.06. The zero-order valence-corrected chi connectivity index (χ0v) is 12.6.